The molecule has 1 aromatic rings. The van der Waals surface area contributed by atoms with Crippen molar-refractivity contribution < 1.29 is 9.53 Å². The van der Waals surface area contributed by atoms with E-state index in [2.05, 4.69) is 38.3 Å². The van der Waals surface area contributed by atoms with Crippen molar-refractivity contribution in [2.75, 3.05) is 24.8 Å². The monoisotopic (exact) mass is 306 g/mol. The quantitative estimate of drug-likeness (QED) is 0.589. The van der Waals surface area contributed by atoms with Crippen molar-refractivity contribution >= 4 is 11.6 Å². The van der Waals surface area contributed by atoms with Crippen molar-refractivity contribution in [1.82, 2.24) is 5.43 Å². The standard InChI is InChI=1S/C18H30N2O2/c1-6-17(21)20(19-13-8-14-22-7-2)16-11-9-15(10-12-16)18(3,4)5/h9-12,19H,6-8,13-14H2,1-5H3. The van der Waals surface area contributed by atoms with Gasteiger partial charge in [0.2, 0.25) is 5.91 Å². The van der Waals surface area contributed by atoms with Gasteiger partial charge < -0.3 is 4.74 Å². The van der Waals surface area contributed by atoms with E-state index >= 15 is 0 Å². The van der Waals surface area contributed by atoms with Crippen LogP contribution in [-0.2, 0) is 14.9 Å². The largest absolute Gasteiger partial charge is 0.382 e. The molecule has 0 fully saturated rings. The number of anilines is 1. The Morgan fingerprint density at radius 3 is 2.32 bits per heavy atom. The molecular weight excluding hydrogens is 276 g/mol. The number of carbonyl (C=O) groups is 1. The highest BCUT2D eigenvalue weighted by Gasteiger charge is 2.16. The first-order valence-corrected chi connectivity index (χ1v) is 8.14. The van der Waals surface area contributed by atoms with Gasteiger partial charge in [-0.25, -0.2) is 10.4 Å². The van der Waals surface area contributed by atoms with Gasteiger partial charge >= 0.3 is 0 Å². The lowest BCUT2D eigenvalue weighted by Gasteiger charge is -2.25. The normalized spacial score (nSPS) is 11.5. The average molecular weight is 306 g/mol. The summed E-state index contributed by atoms with van der Waals surface area (Å²) >= 11 is 0. The molecule has 0 aliphatic heterocycles. The Morgan fingerprint density at radius 2 is 1.82 bits per heavy atom. The summed E-state index contributed by atoms with van der Waals surface area (Å²) < 4.78 is 5.32. The lowest BCUT2D eigenvalue weighted by molar-refractivity contribution is -0.119. The number of hydrazine groups is 1. The molecule has 0 heterocycles. The van der Waals surface area contributed by atoms with Crippen LogP contribution in [0, 0.1) is 0 Å². The second-order valence-corrected chi connectivity index (χ2v) is 6.34. The maximum Gasteiger partial charge on any atom is 0.241 e. The first-order chi connectivity index (χ1) is 10.4. The van der Waals surface area contributed by atoms with Crippen molar-refractivity contribution in [2.24, 2.45) is 0 Å². The molecule has 1 N–H and O–H groups in total. The van der Waals surface area contributed by atoms with Gasteiger partial charge in [0.1, 0.15) is 0 Å². The van der Waals surface area contributed by atoms with Crippen molar-refractivity contribution in [3.05, 3.63) is 29.8 Å². The van der Waals surface area contributed by atoms with Gasteiger partial charge in [0, 0.05) is 26.2 Å². The molecule has 0 saturated carbocycles. The molecule has 0 atom stereocenters. The lowest BCUT2D eigenvalue weighted by atomic mass is 9.87. The highest BCUT2D eigenvalue weighted by molar-refractivity contribution is 5.92. The number of amides is 1. The molecule has 0 aliphatic carbocycles. The van der Waals surface area contributed by atoms with Crippen LogP contribution in [0.25, 0.3) is 0 Å². The molecule has 4 nitrogen and oxygen atoms in total. The van der Waals surface area contributed by atoms with E-state index in [-0.39, 0.29) is 11.3 Å². The molecule has 0 aliphatic rings. The fourth-order valence-electron chi connectivity index (χ4n) is 2.10. The fourth-order valence-corrected chi connectivity index (χ4v) is 2.10. The second kappa shape index (κ2) is 8.91. The van der Waals surface area contributed by atoms with E-state index in [1.807, 2.05) is 26.0 Å². The third-order valence-electron chi connectivity index (χ3n) is 3.48. The number of benzene rings is 1. The Balaban J connectivity index is 2.73. The number of nitrogens with zero attached hydrogens (tertiary/aromatic N) is 1. The number of hydrogen-bond donors (Lipinski definition) is 1. The molecule has 0 saturated heterocycles. The number of rotatable bonds is 8. The minimum Gasteiger partial charge on any atom is -0.382 e. The average Bonchev–Trinajstić information content (AvgIpc) is 2.49. The number of hydrogen-bond acceptors (Lipinski definition) is 3. The first-order valence-electron chi connectivity index (χ1n) is 8.14. The molecule has 0 aromatic heterocycles. The van der Waals surface area contributed by atoms with Gasteiger partial charge in [0.15, 0.2) is 0 Å². The number of carbonyl (C=O) groups excluding carboxylic acids is 1. The molecule has 0 spiro atoms. The number of nitrogens with one attached hydrogen (secondary N) is 1. The predicted octanol–water partition coefficient (Wildman–Crippen LogP) is 3.66. The minimum atomic E-state index is 0.0694. The van der Waals surface area contributed by atoms with Crippen LogP contribution in [0.4, 0.5) is 5.69 Å². The molecule has 124 valence electrons. The predicted molar refractivity (Wildman–Crippen MR) is 92.0 cm³/mol. The molecule has 1 aromatic carbocycles. The van der Waals surface area contributed by atoms with Gasteiger partial charge in [0.25, 0.3) is 0 Å². The van der Waals surface area contributed by atoms with Crippen LogP contribution >= 0.6 is 0 Å². The Morgan fingerprint density at radius 1 is 1.18 bits per heavy atom. The van der Waals surface area contributed by atoms with Crippen LogP contribution < -0.4 is 10.4 Å². The summed E-state index contributed by atoms with van der Waals surface area (Å²) in [7, 11) is 0. The van der Waals surface area contributed by atoms with Gasteiger partial charge in [-0.3, -0.25) is 4.79 Å². The second-order valence-electron chi connectivity index (χ2n) is 6.34. The van der Waals surface area contributed by atoms with Gasteiger partial charge in [-0.1, -0.05) is 39.8 Å². The SMILES string of the molecule is CCOCCCNN(C(=O)CC)c1ccc(C(C)(C)C)cc1. The summed E-state index contributed by atoms with van der Waals surface area (Å²) in [6.45, 7) is 12.6. The Bertz CT molecular complexity index is 449. The highest BCUT2D eigenvalue weighted by Crippen LogP contribution is 2.24. The maximum absolute atomic E-state index is 12.1. The van der Waals surface area contributed by atoms with Crippen LogP contribution in [0.1, 0.15) is 53.0 Å². The molecule has 4 heteroatoms. The zero-order chi connectivity index (χ0) is 16.6. The van der Waals surface area contributed by atoms with E-state index in [0.29, 0.717) is 19.6 Å². The lowest BCUT2D eigenvalue weighted by Crippen LogP contribution is -2.43. The highest BCUT2D eigenvalue weighted by atomic mass is 16.5. The Labute approximate surface area is 134 Å². The van der Waals surface area contributed by atoms with Crippen LogP contribution in [0.15, 0.2) is 24.3 Å². The smallest absolute Gasteiger partial charge is 0.241 e. The molecule has 22 heavy (non-hydrogen) atoms. The van der Waals surface area contributed by atoms with E-state index in [1.54, 1.807) is 5.01 Å². The summed E-state index contributed by atoms with van der Waals surface area (Å²) in [5.41, 5.74) is 5.47. The number of ether oxygens (including phenoxy) is 1. The summed E-state index contributed by atoms with van der Waals surface area (Å²) in [5, 5.41) is 1.65. The van der Waals surface area contributed by atoms with Crippen LogP contribution in [0.2, 0.25) is 0 Å². The molecule has 1 rings (SSSR count). The van der Waals surface area contributed by atoms with Crippen molar-refractivity contribution in [3.8, 4) is 0 Å². The Kier molecular flexibility index (Phi) is 7.56. The van der Waals surface area contributed by atoms with Gasteiger partial charge in [-0.15, -0.1) is 0 Å². The van der Waals surface area contributed by atoms with E-state index in [9.17, 15) is 4.79 Å². The first kappa shape index (κ1) is 18.7. The minimum absolute atomic E-state index is 0.0694. The van der Waals surface area contributed by atoms with Crippen LogP contribution in [0.5, 0.6) is 0 Å². The van der Waals surface area contributed by atoms with Crippen LogP contribution in [0.3, 0.4) is 0 Å². The zero-order valence-electron chi connectivity index (χ0n) is 14.6. The van der Waals surface area contributed by atoms with E-state index in [0.717, 1.165) is 18.7 Å². The van der Waals surface area contributed by atoms with Crippen molar-refractivity contribution in [2.45, 2.75) is 52.9 Å². The maximum atomic E-state index is 12.1. The third-order valence-corrected chi connectivity index (χ3v) is 3.48. The molecule has 0 unspecified atom stereocenters. The molecule has 0 bridgehead atoms. The van der Waals surface area contributed by atoms with Crippen molar-refractivity contribution in [1.29, 1.82) is 0 Å². The van der Waals surface area contributed by atoms with Crippen LogP contribution in [-0.4, -0.2) is 25.7 Å². The molecular formula is C18H30N2O2. The summed E-state index contributed by atoms with van der Waals surface area (Å²) in [4.78, 5) is 12.1. The summed E-state index contributed by atoms with van der Waals surface area (Å²) in [6.07, 6.45) is 1.35. The topological polar surface area (TPSA) is 41.6 Å². The third kappa shape index (κ3) is 5.78. The van der Waals surface area contributed by atoms with E-state index in [4.69, 9.17) is 4.74 Å². The molecule has 1 amide bonds. The summed E-state index contributed by atoms with van der Waals surface area (Å²) in [5.74, 6) is 0.0694. The Hall–Kier alpha value is -1.39. The summed E-state index contributed by atoms with van der Waals surface area (Å²) in [6, 6.07) is 8.19. The zero-order valence-corrected chi connectivity index (χ0v) is 14.6. The van der Waals surface area contributed by atoms with E-state index in [1.165, 1.54) is 5.56 Å². The fraction of sp³-hybridized carbons (Fsp3) is 0.611. The van der Waals surface area contributed by atoms with E-state index < -0.39 is 0 Å². The molecule has 0 radical (unpaired) electrons. The van der Waals surface area contributed by atoms with Crippen molar-refractivity contribution in [3.63, 3.8) is 0 Å². The van der Waals surface area contributed by atoms with Gasteiger partial charge in [-0.05, 0) is 36.5 Å². The van der Waals surface area contributed by atoms with Gasteiger partial charge in [0.05, 0.1) is 5.69 Å². The van der Waals surface area contributed by atoms with Gasteiger partial charge in [-0.2, -0.15) is 0 Å².